The molecule has 1 aromatic rings. The SMILES string of the molecule is c1coc(CN(CCNC2CCCC2)C2CC2)c1. The van der Waals surface area contributed by atoms with Gasteiger partial charge in [-0.25, -0.2) is 0 Å². The standard InChI is InChI=1S/C15H24N2O/c1-2-5-13(4-1)16-9-10-17(14-7-8-14)12-15-6-3-11-18-15/h3,6,11,13-14,16H,1-2,4-5,7-10,12H2. The van der Waals surface area contributed by atoms with Crippen LogP contribution >= 0.6 is 0 Å². The molecule has 0 saturated heterocycles. The second-order valence-corrected chi connectivity index (χ2v) is 5.72. The molecule has 0 bridgehead atoms. The molecule has 0 atom stereocenters. The predicted molar refractivity (Wildman–Crippen MR) is 72.4 cm³/mol. The van der Waals surface area contributed by atoms with E-state index in [1.54, 1.807) is 6.26 Å². The summed E-state index contributed by atoms with van der Waals surface area (Å²) in [7, 11) is 0. The van der Waals surface area contributed by atoms with Gasteiger partial charge in [0.1, 0.15) is 5.76 Å². The van der Waals surface area contributed by atoms with E-state index in [0.717, 1.165) is 37.5 Å². The predicted octanol–water partition coefficient (Wildman–Crippen LogP) is 2.78. The topological polar surface area (TPSA) is 28.4 Å². The van der Waals surface area contributed by atoms with Gasteiger partial charge in [-0.2, -0.15) is 0 Å². The van der Waals surface area contributed by atoms with Crippen LogP contribution in [0.25, 0.3) is 0 Å². The smallest absolute Gasteiger partial charge is 0.117 e. The van der Waals surface area contributed by atoms with Crippen molar-refractivity contribution >= 4 is 0 Å². The van der Waals surface area contributed by atoms with E-state index in [4.69, 9.17) is 4.42 Å². The fourth-order valence-corrected chi connectivity index (χ4v) is 2.98. The van der Waals surface area contributed by atoms with Crippen molar-refractivity contribution in [2.45, 2.75) is 57.2 Å². The Hall–Kier alpha value is -0.800. The van der Waals surface area contributed by atoms with Gasteiger partial charge in [0.05, 0.1) is 12.8 Å². The third-order valence-corrected chi connectivity index (χ3v) is 4.19. The summed E-state index contributed by atoms with van der Waals surface area (Å²) in [5, 5.41) is 3.70. The lowest BCUT2D eigenvalue weighted by Crippen LogP contribution is -2.36. The van der Waals surface area contributed by atoms with Crippen LogP contribution in [0.3, 0.4) is 0 Å². The summed E-state index contributed by atoms with van der Waals surface area (Å²) in [4.78, 5) is 2.57. The average molecular weight is 248 g/mol. The Balaban J connectivity index is 1.42. The van der Waals surface area contributed by atoms with Crippen molar-refractivity contribution in [3.63, 3.8) is 0 Å². The highest BCUT2D eigenvalue weighted by molar-refractivity contribution is 4.99. The first kappa shape index (κ1) is 12.2. The molecule has 3 heteroatoms. The molecule has 100 valence electrons. The zero-order valence-corrected chi connectivity index (χ0v) is 11.1. The maximum absolute atomic E-state index is 5.46. The van der Waals surface area contributed by atoms with Crippen molar-refractivity contribution in [3.8, 4) is 0 Å². The molecule has 0 radical (unpaired) electrons. The molecule has 2 fully saturated rings. The highest BCUT2D eigenvalue weighted by atomic mass is 16.3. The molecule has 0 aromatic carbocycles. The number of nitrogens with one attached hydrogen (secondary N) is 1. The molecule has 2 aliphatic rings. The van der Waals surface area contributed by atoms with Gasteiger partial charge in [-0.1, -0.05) is 12.8 Å². The largest absolute Gasteiger partial charge is 0.468 e. The molecular formula is C15H24N2O. The number of hydrogen-bond acceptors (Lipinski definition) is 3. The summed E-state index contributed by atoms with van der Waals surface area (Å²) >= 11 is 0. The van der Waals surface area contributed by atoms with Crippen LogP contribution in [-0.4, -0.2) is 30.1 Å². The van der Waals surface area contributed by atoms with Crippen LogP contribution in [0.1, 0.15) is 44.3 Å². The van der Waals surface area contributed by atoms with Gasteiger partial charge in [-0.05, 0) is 37.8 Å². The third kappa shape index (κ3) is 3.36. The zero-order valence-electron chi connectivity index (χ0n) is 11.1. The van der Waals surface area contributed by atoms with Crippen molar-refractivity contribution in [2.75, 3.05) is 13.1 Å². The lowest BCUT2D eigenvalue weighted by molar-refractivity contribution is 0.230. The minimum absolute atomic E-state index is 0.787. The summed E-state index contributed by atoms with van der Waals surface area (Å²) in [5.41, 5.74) is 0. The lowest BCUT2D eigenvalue weighted by Gasteiger charge is -2.22. The van der Waals surface area contributed by atoms with Gasteiger partial charge in [-0.3, -0.25) is 4.90 Å². The van der Waals surface area contributed by atoms with Crippen molar-refractivity contribution in [3.05, 3.63) is 24.2 Å². The van der Waals surface area contributed by atoms with Gasteiger partial charge in [0.2, 0.25) is 0 Å². The maximum atomic E-state index is 5.46. The van der Waals surface area contributed by atoms with E-state index in [-0.39, 0.29) is 0 Å². The highest BCUT2D eigenvalue weighted by Gasteiger charge is 2.29. The first-order valence-electron chi connectivity index (χ1n) is 7.41. The van der Waals surface area contributed by atoms with Gasteiger partial charge in [0.15, 0.2) is 0 Å². The van der Waals surface area contributed by atoms with Gasteiger partial charge >= 0.3 is 0 Å². The molecule has 2 aliphatic carbocycles. The van der Waals surface area contributed by atoms with Crippen LogP contribution in [0, 0.1) is 0 Å². The van der Waals surface area contributed by atoms with Crippen molar-refractivity contribution in [1.82, 2.24) is 10.2 Å². The third-order valence-electron chi connectivity index (χ3n) is 4.19. The molecule has 18 heavy (non-hydrogen) atoms. The summed E-state index contributed by atoms with van der Waals surface area (Å²) in [6.07, 6.45) is 10.1. The van der Waals surface area contributed by atoms with E-state index in [1.165, 1.54) is 38.5 Å². The molecule has 1 heterocycles. The van der Waals surface area contributed by atoms with Crippen LogP contribution < -0.4 is 5.32 Å². The second kappa shape index (κ2) is 5.89. The minimum atomic E-state index is 0.787. The first-order chi connectivity index (χ1) is 8.92. The highest BCUT2D eigenvalue weighted by Crippen LogP contribution is 2.28. The molecule has 2 saturated carbocycles. The van der Waals surface area contributed by atoms with E-state index in [9.17, 15) is 0 Å². The summed E-state index contributed by atoms with van der Waals surface area (Å²) in [5.74, 6) is 1.10. The Labute approximate surface area is 110 Å². The molecule has 0 unspecified atom stereocenters. The van der Waals surface area contributed by atoms with E-state index < -0.39 is 0 Å². The van der Waals surface area contributed by atoms with E-state index in [0.29, 0.717) is 0 Å². The van der Waals surface area contributed by atoms with Gasteiger partial charge < -0.3 is 9.73 Å². The minimum Gasteiger partial charge on any atom is -0.468 e. The quantitative estimate of drug-likeness (QED) is 0.804. The molecule has 0 spiro atoms. The fourth-order valence-electron chi connectivity index (χ4n) is 2.98. The second-order valence-electron chi connectivity index (χ2n) is 5.72. The maximum Gasteiger partial charge on any atom is 0.117 e. The molecule has 1 aromatic heterocycles. The number of furan rings is 1. The van der Waals surface area contributed by atoms with Crippen LogP contribution in [0.5, 0.6) is 0 Å². The Morgan fingerprint density at radius 2 is 2.06 bits per heavy atom. The molecule has 0 aliphatic heterocycles. The van der Waals surface area contributed by atoms with Crippen molar-refractivity contribution < 1.29 is 4.42 Å². The molecule has 0 amide bonds. The summed E-state index contributed by atoms with van der Waals surface area (Å²) in [6.45, 7) is 3.26. The van der Waals surface area contributed by atoms with E-state index in [1.807, 2.05) is 6.07 Å². The summed E-state index contributed by atoms with van der Waals surface area (Å²) < 4.78 is 5.46. The Kier molecular flexibility index (Phi) is 4.01. The van der Waals surface area contributed by atoms with Gasteiger partial charge in [-0.15, -0.1) is 0 Å². The zero-order chi connectivity index (χ0) is 12.2. The first-order valence-corrected chi connectivity index (χ1v) is 7.41. The van der Waals surface area contributed by atoms with Gasteiger partial charge in [0, 0.05) is 25.2 Å². The summed E-state index contributed by atoms with van der Waals surface area (Å²) in [6, 6.07) is 5.66. The number of hydrogen-bond donors (Lipinski definition) is 1. The molecular weight excluding hydrogens is 224 g/mol. The monoisotopic (exact) mass is 248 g/mol. The van der Waals surface area contributed by atoms with Crippen molar-refractivity contribution in [1.29, 1.82) is 0 Å². The molecule has 1 N–H and O–H groups in total. The fraction of sp³-hybridized carbons (Fsp3) is 0.733. The van der Waals surface area contributed by atoms with E-state index in [2.05, 4.69) is 16.3 Å². The molecule has 3 nitrogen and oxygen atoms in total. The molecule has 3 rings (SSSR count). The van der Waals surface area contributed by atoms with Crippen LogP contribution in [0.2, 0.25) is 0 Å². The Morgan fingerprint density at radius 3 is 2.72 bits per heavy atom. The Bertz CT molecular complexity index is 339. The lowest BCUT2D eigenvalue weighted by atomic mass is 10.2. The van der Waals surface area contributed by atoms with Crippen LogP contribution in [-0.2, 0) is 6.54 Å². The number of rotatable bonds is 7. The van der Waals surface area contributed by atoms with Gasteiger partial charge in [0.25, 0.3) is 0 Å². The number of nitrogens with zero attached hydrogens (tertiary/aromatic N) is 1. The average Bonchev–Trinajstić information content (AvgIpc) is 2.89. The van der Waals surface area contributed by atoms with Crippen molar-refractivity contribution in [2.24, 2.45) is 0 Å². The van der Waals surface area contributed by atoms with Crippen LogP contribution in [0.15, 0.2) is 22.8 Å². The Morgan fingerprint density at radius 1 is 1.22 bits per heavy atom. The normalized spacial score (nSPS) is 20.9. The van der Waals surface area contributed by atoms with E-state index >= 15 is 0 Å². The van der Waals surface area contributed by atoms with Crippen LogP contribution in [0.4, 0.5) is 0 Å².